The van der Waals surface area contributed by atoms with Crippen molar-refractivity contribution in [3.05, 3.63) is 65.0 Å². The Hall–Kier alpha value is -3.20. The second kappa shape index (κ2) is 8.00. The van der Waals surface area contributed by atoms with Gasteiger partial charge in [0.25, 0.3) is 5.91 Å². The van der Waals surface area contributed by atoms with E-state index in [9.17, 15) is 19.2 Å². The van der Waals surface area contributed by atoms with Gasteiger partial charge in [-0.15, -0.1) is 0 Å². The highest BCUT2D eigenvalue weighted by atomic mass is 19.1. The smallest absolute Gasteiger partial charge is 0.254 e. The number of nitrogens with one attached hydrogen (secondary N) is 1. The molecule has 27 heavy (non-hydrogen) atoms. The van der Waals surface area contributed by atoms with Gasteiger partial charge in [-0.3, -0.25) is 9.59 Å². The van der Waals surface area contributed by atoms with Gasteiger partial charge in [0.2, 0.25) is 0 Å². The molecular weight excluding hydrogens is 345 g/mol. The number of benzene rings is 2. The van der Waals surface area contributed by atoms with Gasteiger partial charge in [-0.2, -0.15) is 5.26 Å². The first-order valence-electron chi connectivity index (χ1n) is 8.85. The summed E-state index contributed by atoms with van der Waals surface area (Å²) in [4.78, 5) is 25.9. The second-order valence-electron chi connectivity index (χ2n) is 6.61. The third-order valence-electron chi connectivity index (χ3n) is 4.81. The van der Waals surface area contributed by atoms with Crippen LogP contribution >= 0.6 is 0 Å². The first-order valence-corrected chi connectivity index (χ1v) is 8.85. The molecular formula is C21H20FN3O2. The number of anilines is 1. The van der Waals surface area contributed by atoms with Crippen LogP contribution in [0, 0.1) is 17.1 Å². The van der Waals surface area contributed by atoms with E-state index in [2.05, 4.69) is 16.3 Å². The monoisotopic (exact) mass is 365 g/mol. The van der Waals surface area contributed by atoms with E-state index in [4.69, 9.17) is 0 Å². The van der Waals surface area contributed by atoms with Crippen LogP contribution in [0.4, 0.5) is 10.1 Å². The molecule has 0 aliphatic carbocycles. The molecule has 1 aliphatic rings. The van der Waals surface area contributed by atoms with Gasteiger partial charge in [0.1, 0.15) is 11.9 Å². The van der Waals surface area contributed by atoms with Crippen molar-refractivity contribution in [2.75, 3.05) is 18.0 Å². The summed E-state index contributed by atoms with van der Waals surface area (Å²) < 4.78 is 13.7. The van der Waals surface area contributed by atoms with E-state index in [0.29, 0.717) is 37.1 Å². The molecule has 0 aromatic heterocycles. The van der Waals surface area contributed by atoms with Crippen molar-refractivity contribution in [3.63, 3.8) is 0 Å². The number of nitrogens with zero attached hydrogens (tertiary/aromatic N) is 2. The molecule has 1 heterocycles. The number of nitriles is 1. The maximum absolute atomic E-state index is 13.7. The maximum Gasteiger partial charge on any atom is 0.254 e. The van der Waals surface area contributed by atoms with Crippen LogP contribution in [-0.2, 0) is 0 Å². The van der Waals surface area contributed by atoms with Gasteiger partial charge in [0.05, 0.1) is 16.8 Å². The number of halogens is 1. The summed E-state index contributed by atoms with van der Waals surface area (Å²) in [5.41, 5.74) is 1.87. The minimum Gasteiger partial charge on any atom is -0.370 e. The molecule has 1 aliphatic heterocycles. The van der Waals surface area contributed by atoms with Crippen molar-refractivity contribution >= 4 is 17.4 Å². The summed E-state index contributed by atoms with van der Waals surface area (Å²) in [6.45, 7) is 2.77. The predicted octanol–water partition coefficient (Wildman–Crippen LogP) is 3.30. The lowest BCUT2D eigenvalue weighted by Crippen LogP contribution is -2.45. The first-order chi connectivity index (χ1) is 13.0. The lowest BCUT2D eigenvalue weighted by molar-refractivity contribution is 0.0926. The molecule has 1 N–H and O–H groups in total. The zero-order valence-electron chi connectivity index (χ0n) is 15.0. The molecule has 1 fully saturated rings. The average molecular weight is 365 g/mol. The largest absolute Gasteiger partial charge is 0.370 e. The van der Waals surface area contributed by atoms with Gasteiger partial charge < -0.3 is 10.2 Å². The van der Waals surface area contributed by atoms with Crippen molar-refractivity contribution in [2.45, 2.75) is 25.8 Å². The van der Waals surface area contributed by atoms with Gasteiger partial charge in [0.15, 0.2) is 5.78 Å². The zero-order chi connectivity index (χ0) is 19.4. The van der Waals surface area contributed by atoms with Crippen LogP contribution in [0.5, 0.6) is 0 Å². The fourth-order valence-corrected chi connectivity index (χ4v) is 3.28. The highest BCUT2D eigenvalue weighted by Crippen LogP contribution is 2.26. The molecule has 138 valence electrons. The van der Waals surface area contributed by atoms with E-state index in [0.717, 1.165) is 5.69 Å². The molecule has 2 aromatic rings. The summed E-state index contributed by atoms with van der Waals surface area (Å²) in [5.74, 6) is -0.997. The molecule has 1 amide bonds. The Morgan fingerprint density at radius 1 is 1.19 bits per heavy atom. The quantitative estimate of drug-likeness (QED) is 0.844. The maximum atomic E-state index is 13.7. The van der Waals surface area contributed by atoms with Crippen LogP contribution in [0.25, 0.3) is 0 Å². The molecule has 0 atom stereocenters. The molecule has 2 aromatic carbocycles. The Balaban J connectivity index is 1.67. The normalized spacial score (nSPS) is 14.5. The average Bonchev–Trinajstić information content (AvgIpc) is 2.68. The fourth-order valence-electron chi connectivity index (χ4n) is 3.28. The minimum absolute atomic E-state index is 0.0425. The molecule has 1 saturated heterocycles. The molecule has 3 rings (SSSR count). The number of Topliss-reactive ketones (excluding diaryl/α,β-unsaturated/α-hetero) is 1. The standard InChI is InChI=1S/C21H20FN3O2/c1-14(26)15-6-7-16(13-23)20(12-15)25-10-8-17(9-11-25)24-21(27)18-4-2-3-5-19(18)22/h2-7,12,17H,8-11H2,1H3,(H,24,27). The molecule has 0 unspecified atom stereocenters. The zero-order valence-corrected chi connectivity index (χ0v) is 15.0. The Morgan fingerprint density at radius 3 is 2.52 bits per heavy atom. The highest BCUT2D eigenvalue weighted by molar-refractivity contribution is 5.95. The number of ketones is 1. The molecule has 5 nitrogen and oxygen atoms in total. The summed E-state index contributed by atoms with van der Waals surface area (Å²) in [6.07, 6.45) is 1.35. The number of rotatable bonds is 4. The van der Waals surface area contributed by atoms with E-state index in [1.165, 1.54) is 19.1 Å². The Labute approximate surface area is 157 Å². The number of carbonyl (C=O) groups excluding carboxylic acids is 2. The van der Waals surface area contributed by atoms with Gasteiger partial charge in [0, 0.05) is 24.7 Å². The first kappa shape index (κ1) is 18.6. The fraction of sp³-hybridized carbons (Fsp3) is 0.286. The Kier molecular flexibility index (Phi) is 5.51. The van der Waals surface area contributed by atoms with E-state index < -0.39 is 11.7 Å². The van der Waals surface area contributed by atoms with Crippen LogP contribution in [0.1, 0.15) is 46.0 Å². The lowest BCUT2D eigenvalue weighted by Gasteiger charge is -2.34. The van der Waals surface area contributed by atoms with Crippen LogP contribution in [-0.4, -0.2) is 30.8 Å². The number of hydrogen-bond donors (Lipinski definition) is 1. The summed E-state index contributed by atoms with van der Waals surface area (Å²) in [7, 11) is 0. The summed E-state index contributed by atoms with van der Waals surface area (Å²) >= 11 is 0. The Morgan fingerprint density at radius 2 is 1.89 bits per heavy atom. The van der Waals surface area contributed by atoms with Crippen molar-refractivity contribution in [2.24, 2.45) is 0 Å². The number of piperidine rings is 1. The van der Waals surface area contributed by atoms with Crippen LogP contribution < -0.4 is 10.2 Å². The van der Waals surface area contributed by atoms with E-state index in [1.54, 1.807) is 30.3 Å². The molecule has 0 bridgehead atoms. The number of hydrogen-bond acceptors (Lipinski definition) is 4. The van der Waals surface area contributed by atoms with Crippen molar-refractivity contribution < 1.29 is 14.0 Å². The van der Waals surface area contributed by atoms with Gasteiger partial charge in [-0.25, -0.2) is 4.39 Å². The summed E-state index contributed by atoms with van der Waals surface area (Å²) in [5, 5.41) is 12.2. The number of amides is 1. The van der Waals surface area contributed by atoms with E-state index in [-0.39, 0.29) is 17.4 Å². The van der Waals surface area contributed by atoms with Crippen molar-refractivity contribution in [1.29, 1.82) is 5.26 Å². The van der Waals surface area contributed by atoms with E-state index >= 15 is 0 Å². The van der Waals surface area contributed by atoms with Gasteiger partial charge >= 0.3 is 0 Å². The lowest BCUT2D eigenvalue weighted by atomic mass is 10.0. The van der Waals surface area contributed by atoms with Crippen LogP contribution in [0.2, 0.25) is 0 Å². The highest BCUT2D eigenvalue weighted by Gasteiger charge is 2.24. The SMILES string of the molecule is CC(=O)c1ccc(C#N)c(N2CCC(NC(=O)c3ccccc3F)CC2)c1. The molecule has 6 heteroatoms. The molecule has 0 saturated carbocycles. The number of carbonyl (C=O) groups is 2. The Bertz CT molecular complexity index is 912. The van der Waals surface area contributed by atoms with Crippen molar-refractivity contribution in [1.82, 2.24) is 5.32 Å². The topological polar surface area (TPSA) is 73.2 Å². The van der Waals surface area contributed by atoms with Gasteiger partial charge in [-0.1, -0.05) is 12.1 Å². The molecule has 0 spiro atoms. The third kappa shape index (κ3) is 4.14. The molecule has 0 radical (unpaired) electrons. The van der Waals surface area contributed by atoms with Crippen molar-refractivity contribution in [3.8, 4) is 6.07 Å². The second-order valence-corrected chi connectivity index (χ2v) is 6.61. The van der Waals surface area contributed by atoms with Gasteiger partial charge in [-0.05, 0) is 50.1 Å². The van der Waals surface area contributed by atoms with Crippen LogP contribution in [0.3, 0.4) is 0 Å². The van der Waals surface area contributed by atoms with E-state index in [1.807, 2.05) is 0 Å². The predicted molar refractivity (Wildman–Crippen MR) is 100 cm³/mol. The minimum atomic E-state index is -0.535. The summed E-state index contributed by atoms with van der Waals surface area (Å²) in [6, 6.07) is 13.1. The van der Waals surface area contributed by atoms with Crippen LogP contribution in [0.15, 0.2) is 42.5 Å². The third-order valence-corrected chi connectivity index (χ3v) is 4.81.